The lowest BCUT2D eigenvalue weighted by Crippen LogP contribution is -2.38. The molecule has 0 bridgehead atoms. The molecule has 2 aromatic carbocycles. The molecule has 0 spiro atoms. The lowest BCUT2D eigenvalue weighted by Gasteiger charge is -2.27. The SMILES string of the molecule is CCN(CC)CC.COC(=O)C1CCC(N)CC1.COC(=O)C1CCC(NS(=O)(=O)c2ccc(Cl)c([N+](=O)[O-])c2)CC1.O=[N+]([O-])c1cc(S(=O)(=O)Cl)ccc1Cl. The molecule has 0 saturated heterocycles. The fourth-order valence-corrected chi connectivity index (χ4v) is 8.15. The lowest BCUT2D eigenvalue weighted by atomic mass is 9.86. The number of hydrogen-bond donors (Lipinski definition) is 2. The number of nitrogens with one attached hydrogen (secondary N) is 1. The zero-order chi connectivity index (χ0) is 42.8. The molecular weight excluding hydrogens is 841 g/mol. The van der Waals surface area contributed by atoms with Gasteiger partial charge >= 0.3 is 11.9 Å². The van der Waals surface area contributed by atoms with Crippen molar-refractivity contribution in [1.29, 1.82) is 0 Å². The van der Waals surface area contributed by atoms with Crippen LogP contribution in [-0.2, 0) is 38.1 Å². The Balaban J connectivity index is 0.000000415. The highest BCUT2D eigenvalue weighted by atomic mass is 35.7. The number of sulfonamides is 1. The number of esters is 2. The van der Waals surface area contributed by atoms with Gasteiger partial charge in [-0.25, -0.2) is 21.6 Å². The third-order valence-electron chi connectivity index (χ3n) is 9.05. The smallest absolute Gasteiger partial charge is 0.308 e. The predicted molar refractivity (Wildman–Crippen MR) is 213 cm³/mol. The Morgan fingerprint density at radius 2 is 1.12 bits per heavy atom. The van der Waals surface area contributed by atoms with Crippen LogP contribution >= 0.6 is 33.9 Å². The van der Waals surface area contributed by atoms with Gasteiger partial charge in [-0.3, -0.25) is 29.8 Å². The fraction of sp³-hybridized carbons (Fsp3) is 0.588. The van der Waals surface area contributed by atoms with Crippen molar-refractivity contribution in [2.24, 2.45) is 17.6 Å². The summed E-state index contributed by atoms with van der Waals surface area (Å²) >= 11 is 11.2. The lowest BCUT2D eigenvalue weighted by molar-refractivity contribution is -0.385. The van der Waals surface area contributed by atoms with Gasteiger partial charge in [0.05, 0.1) is 45.7 Å². The Kier molecular flexibility index (Phi) is 22.3. The molecule has 0 aromatic heterocycles. The molecule has 3 N–H and O–H groups in total. The van der Waals surface area contributed by atoms with E-state index in [0.717, 1.165) is 49.9 Å². The van der Waals surface area contributed by atoms with Crippen molar-refractivity contribution in [3.8, 4) is 0 Å². The average Bonchev–Trinajstić information content (AvgIpc) is 3.15. The van der Waals surface area contributed by atoms with Gasteiger partial charge in [-0.15, -0.1) is 0 Å². The van der Waals surface area contributed by atoms with E-state index in [1.165, 1.54) is 46.0 Å². The summed E-state index contributed by atoms with van der Waals surface area (Å²) in [4.78, 5) is 44.0. The van der Waals surface area contributed by atoms with Crippen LogP contribution in [0, 0.1) is 32.1 Å². The van der Waals surface area contributed by atoms with E-state index >= 15 is 0 Å². The van der Waals surface area contributed by atoms with E-state index in [4.69, 9.17) is 39.6 Å². The highest BCUT2D eigenvalue weighted by Gasteiger charge is 2.30. The largest absolute Gasteiger partial charge is 0.469 e. The predicted octanol–water partition coefficient (Wildman–Crippen LogP) is 6.46. The second-order valence-electron chi connectivity index (χ2n) is 12.6. The number of rotatable bonds is 11. The summed E-state index contributed by atoms with van der Waals surface area (Å²) in [6, 6.07) is 6.32. The van der Waals surface area contributed by atoms with Crippen molar-refractivity contribution in [2.75, 3.05) is 33.9 Å². The van der Waals surface area contributed by atoms with Crippen molar-refractivity contribution in [1.82, 2.24) is 9.62 Å². The Hall–Kier alpha value is -3.17. The van der Waals surface area contributed by atoms with Gasteiger partial charge in [0.1, 0.15) is 10.0 Å². The maximum Gasteiger partial charge on any atom is 0.308 e. The standard InChI is InChI=1S/C14H17ClN2O6S.C8H15NO2.C6H3Cl2NO4S.C6H15N/c1-23-14(18)9-2-4-10(5-3-9)16-24(21,22)11-6-7-12(15)13(8-11)17(19)20;1-11-8(10)6-2-4-7(9)5-3-6;7-5-2-1-4(14(8,12)13)3-6(5)9(10)11;1-4-7(5-2)6-3/h6-10,16H,2-5H2,1H3;6-7H,2-5,9H2,1H3;1-3H;4-6H2,1-3H3. The number of nitro benzene ring substituents is 2. The molecule has 2 fully saturated rings. The second kappa shape index (κ2) is 24.6. The Morgan fingerprint density at radius 3 is 1.46 bits per heavy atom. The molecule has 22 heteroatoms. The van der Waals surface area contributed by atoms with Crippen molar-refractivity contribution in [2.45, 2.75) is 94.0 Å². The number of benzene rings is 2. The number of methoxy groups -OCH3 is 2. The van der Waals surface area contributed by atoms with Crippen LogP contribution in [0.1, 0.15) is 72.1 Å². The number of halogens is 3. The molecule has 2 aliphatic carbocycles. The zero-order valence-electron chi connectivity index (χ0n) is 31.8. The Labute approximate surface area is 342 Å². The van der Waals surface area contributed by atoms with Crippen LogP contribution in [0.4, 0.5) is 11.4 Å². The number of ether oxygens (including phenoxy) is 2. The Morgan fingerprint density at radius 1 is 0.750 bits per heavy atom. The molecule has 2 aliphatic rings. The van der Waals surface area contributed by atoms with Crippen LogP contribution in [-0.4, -0.2) is 89.5 Å². The molecule has 2 aromatic rings. The highest BCUT2D eigenvalue weighted by Crippen LogP contribution is 2.30. The molecular formula is C34H50Cl3N5O12S2. The summed E-state index contributed by atoms with van der Waals surface area (Å²) in [5.74, 6) is -0.464. The summed E-state index contributed by atoms with van der Waals surface area (Å²) in [6.45, 7) is 10.1. The molecule has 316 valence electrons. The molecule has 0 aliphatic heterocycles. The molecule has 0 unspecified atom stereocenters. The van der Waals surface area contributed by atoms with E-state index in [2.05, 4.69) is 39.9 Å². The summed E-state index contributed by atoms with van der Waals surface area (Å²) < 4.78 is 58.3. The van der Waals surface area contributed by atoms with Crippen LogP contribution in [0.2, 0.25) is 10.0 Å². The van der Waals surface area contributed by atoms with Gasteiger partial charge in [-0.2, -0.15) is 0 Å². The van der Waals surface area contributed by atoms with Gasteiger partial charge in [0.2, 0.25) is 10.0 Å². The molecule has 56 heavy (non-hydrogen) atoms. The molecule has 0 heterocycles. The first kappa shape index (κ1) is 50.8. The third-order valence-corrected chi connectivity index (χ3v) is 12.6. The van der Waals surface area contributed by atoms with E-state index in [9.17, 15) is 46.7 Å². The summed E-state index contributed by atoms with van der Waals surface area (Å²) in [7, 11) is -0.112. The van der Waals surface area contributed by atoms with Crippen LogP contribution in [0.5, 0.6) is 0 Å². The maximum absolute atomic E-state index is 12.4. The maximum atomic E-state index is 12.4. The van der Waals surface area contributed by atoms with Crippen molar-refractivity contribution < 1.29 is 45.7 Å². The molecule has 0 radical (unpaired) electrons. The van der Waals surface area contributed by atoms with Crippen molar-refractivity contribution in [3.63, 3.8) is 0 Å². The number of carbonyl (C=O) groups is 2. The van der Waals surface area contributed by atoms with Crippen molar-refractivity contribution >= 4 is 76.3 Å². The Bertz CT molecular complexity index is 1830. The van der Waals surface area contributed by atoms with Gasteiger partial charge in [-0.1, -0.05) is 44.0 Å². The van der Waals surface area contributed by atoms with Gasteiger partial charge in [0, 0.05) is 34.9 Å². The number of carbonyl (C=O) groups excluding carboxylic acids is 2. The minimum Gasteiger partial charge on any atom is -0.469 e. The van der Waals surface area contributed by atoms with Gasteiger partial charge in [-0.05, 0) is 95.3 Å². The van der Waals surface area contributed by atoms with Crippen molar-refractivity contribution in [3.05, 3.63) is 66.7 Å². The van der Waals surface area contributed by atoms with Gasteiger partial charge in [0.25, 0.3) is 20.4 Å². The monoisotopic (exact) mass is 889 g/mol. The van der Waals surface area contributed by atoms with Gasteiger partial charge in [0.15, 0.2) is 0 Å². The third kappa shape index (κ3) is 17.1. The van der Waals surface area contributed by atoms with E-state index < -0.39 is 40.3 Å². The summed E-state index contributed by atoms with van der Waals surface area (Å²) in [5, 5.41) is 21.0. The van der Waals surface area contributed by atoms with Crippen LogP contribution in [0.25, 0.3) is 0 Å². The minimum atomic E-state index is -3.97. The molecule has 4 rings (SSSR count). The quantitative estimate of drug-likeness (QED) is 0.106. The highest BCUT2D eigenvalue weighted by molar-refractivity contribution is 8.13. The van der Waals surface area contributed by atoms with E-state index in [1.54, 1.807) is 0 Å². The minimum absolute atomic E-state index is 0.0723. The molecule has 2 saturated carbocycles. The van der Waals surface area contributed by atoms with Crippen LogP contribution in [0.3, 0.4) is 0 Å². The van der Waals surface area contributed by atoms with E-state index in [1.807, 2.05) is 0 Å². The fourth-order valence-electron chi connectivity index (χ4n) is 5.68. The van der Waals surface area contributed by atoms with Gasteiger partial charge < -0.3 is 20.1 Å². The first-order valence-corrected chi connectivity index (χ1v) is 22.2. The zero-order valence-corrected chi connectivity index (χ0v) is 35.7. The number of nitrogens with two attached hydrogens (primary N) is 1. The van der Waals surface area contributed by atoms with E-state index in [0.29, 0.717) is 31.7 Å². The first-order chi connectivity index (χ1) is 26.1. The molecule has 17 nitrogen and oxygen atoms in total. The number of hydrogen-bond acceptors (Lipinski definition) is 14. The second-order valence-corrected chi connectivity index (χ2v) is 17.7. The normalized spacial score (nSPS) is 19.4. The number of nitro groups is 2. The summed E-state index contributed by atoms with van der Waals surface area (Å²) in [5.41, 5.74) is 4.73. The number of nitrogens with zero attached hydrogens (tertiary/aromatic N) is 3. The molecule has 0 atom stereocenters. The summed E-state index contributed by atoms with van der Waals surface area (Å²) in [6.07, 6.45) is 5.76. The topological polar surface area (TPSA) is 248 Å². The van der Waals surface area contributed by atoms with E-state index in [-0.39, 0.29) is 49.7 Å². The van der Waals surface area contributed by atoms with Crippen LogP contribution < -0.4 is 10.5 Å². The first-order valence-electron chi connectivity index (χ1n) is 17.6. The van der Waals surface area contributed by atoms with Crippen LogP contribution in [0.15, 0.2) is 46.2 Å². The average molecular weight is 891 g/mol. The molecule has 0 amide bonds.